The molecule has 2 heterocycles. The fourth-order valence-electron chi connectivity index (χ4n) is 3.37. The zero-order valence-electron chi connectivity index (χ0n) is 21.9. The monoisotopic (exact) mass is 333 g/mol. The molecule has 0 bridgehead atoms. The lowest BCUT2D eigenvalue weighted by molar-refractivity contribution is 0.333. The van der Waals surface area contributed by atoms with Gasteiger partial charge in [-0.25, -0.2) is 0 Å². The Bertz CT molecular complexity index is 904. The molecular weight excluding hydrogens is 296 g/mol. The molecule has 0 unspecified atom stereocenters. The van der Waals surface area contributed by atoms with E-state index in [1.807, 2.05) is 48.9 Å². The van der Waals surface area contributed by atoms with E-state index < -0.39 is 26.0 Å². The maximum absolute atomic E-state index is 8.13. The van der Waals surface area contributed by atoms with Gasteiger partial charge in [0.25, 0.3) is 0 Å². The normalized spacial score (nSPS) is 29.1. The number of aryl methyl sites for hydroxylation is 1. The second-order valence-corrected chi connectivity index (χ2v) is 6.25. The van der Waals surface area contributed by atoms with Gasteiger partial charge in [0.2, 0.25) is 0 Å². The lowest BCUT2D eigenvalue weighted by Crippen LogP contribution is -2.37. The molecule has 4 heteroatoms. The van der Waals surface area contributed by atoms with Crippen LogP contribution in [0, 0.1) is 13.8 Å². The quantitative estimate of drug-likeness (QED) is 0.818. The molecule has 3 rings (SSSR count). The van der Waals surface area contributed by atoms with Gasteiger partial charge >= 0.3 is 0 Å². The van der Waals surface area contributed by atoms with Crippen LogP contribution >= 0.6 is 0 Å². The van der Waals surface area contributed by atoms with Crippen LogP contribution < -0.4 is 9.80 Å². The summed E-state index contributed by atoms with van der Waals surface area (Å²) in [6.07, 6.45) is 6.06. The Morgan fingerprint density at radius 3 is 1.83 bits per heavy atom. The molecule has 0 radical (unpaired) electrons. The fraction of sp³-hybridized carbons (Fsp3) is 0.500. The van der Waals surface area contributed by atoms with Gasteiger partial charge in [-0.2, -0.15) is 0 Å². The zero-order valence-corrected chi connectivity index (χ0v) is 14.9. The molecule has 0 saturated carbocycles. The standard InChI is InChI=1S/C20H30N4/c1-7-21-9-11-23(17(21)5)19-13-15(3)14-20(16(19)4)24-12-10-22(8-2)18(24)6/h9-14,17-18H,7-8H2,1-6H3/t17-,18+/i1D3,7D2,8D2/m0/s1. The van der Waals surface area contributed by atoms with E-state index in [0.717, 1.165) is 22.5 Å². The van der Waals surface area contributed by atoms with Gasteiger partial charge in [-0.1, -0.05) is 0 Å². The van der Waals surface area contributed by atoms with Crippen molar-refractivity contribution >= 4 is 11.4 Å². The van der Waals surface area contributed by atoms with Crippen LogP contribution in [0.1, 0.15) is 48.3 Å². The number of rotatable bonds is 4. The largest absolute Gasteiger partial charge is 0.356 e. The summed E-state index contributed by atoms with van der Waals surface area (Å²) in [7, 11) is 0. The third kappa shape index (κ3) is 2.64. The van der Waals surface area contributed by atoms with E-state index in [1.165, 1.54) is 18.0 Å². The van der Waals surface area contributed by atoms with Crippen LogP contribution in [0.4, 0.5) is 11.4 Å². The highest BCUT2D eigenvalue weighted by Crippen LogP contribution is 2.37. The summed E-state index contributed by atoms with van der Waals surface area (Å²) in [6, 6.07) is 4.04. The van der Waals surface area contributed by atoms with Gasteiger partial charge in [0.1, 0.15) is 12.3 Å². The van der Waals surface area contributed by atoms with E-state index in [4.69, 9.17) is 9.60 Å². The van der Waals surface area contributed by atoms with Crippen molar-refractivity contribution in [1.29, 1.82) is 0 Å². The molecule has 0 N–H and O–H groups in total. The highest BCUT2D eigenvalue weighted by Gasteiger charge is 2.27. The summed E-state index contributed by atoms with van der Waals surface area (Å²) in [5.41, 5.74) is 3.70. The molecule has 4 nitrogen and oxygen atoms in total. The van der Waals surface area contributed by atoms with Gasteiger partial charge in [-0.15, -0.1) is 0 Å². The average molecular weight is 334 g/mol. The van der Waals surface area contributed by atoms with Crippen LogP contribution in [0.25, 0.3) is 0 Å². The summed E-state index contributed by atoms with van der Waals surface area (Å²) in [5, 5.41) is 0. The summed E-state index contributed by atoms with van der Waals surface area (Å²) >= 11 is 0. The van der Waals surface area contributed by atoms with Crippen molar-refractivity contribution in [2.75, 3.05) is 22.8 Å². The maximum Gasteiger partial charge on any atom is 0.102 e. The summed E-state index contributed by atoms with van der Waals surface area (Å²) < 4.78 is 55.1. The predicted octanol–water partition coefficient (Wildman–Crippen LogP) is 4.22. The van der Waals surface area contributed by atoms with Gasteiger partial charge in [-0.3, -0.25) is 0 Å². The molecule has 0 spiro atoms. The first-order valence-corrected chi connectivity index (χ1v) is 8.19. The number of nitrogens with zero attached hydrogens (tertiary/aromatic N) is 4. The second-order valence-electron chi connectivity index (χ2n) is 6.25. The van der Waals surface area contributed by atoms with Gasteiger partial charge in [-0.05, 0) is 64.7 Å². The Morgan fingerprint density at radius 1 is 0.917 bits per heavy atom. The molecule has 0 aromatic heterocycles. The van der Waals surface area contributed by atoms with Gasteiger partial charge < -0.3 is 19.6 Å². The number of benzene rings is 1. The fourth-order valence-corrected chi connectivity index (χ4v) is 3.37. The molecule has 0 aliphatic carbocycles. The first-order chi connectivity index (χ1) is 14.1. The van der Waals surface area contributed by atoms with Crippen molar-refractivity contribution in [3.05, 3.63) is 48.1 Å². The van der Waals surface area contributed by atoms with Crippen LogP contribution in [-0.2, 0) is 0 Å². The average Bonchev–Trinajstić information content (AvgIpc) is 3.18. The molecule has 0 fully saturated rings. The highest BCUT2D eigenvalue weighted by atomic mass is 15.4. The zero-order chi connectivity index (χ0) is 23.5. The van der Waals surface area contributed by atoms with Crippen LogP contribution in [-0.4, -0.2) is 35.1 Å². The molecule has 0 saturated heterocycles. The lowest BCUT2D eigenvalue weighted by atomic mass is 10.1. The van der Waals surface area contributed by atoms with Crippen molar-refractivity contribution < 1.29 is 9.60 Å². The summed E-state index contributed by atoms with van der Waals surface area (Å²) in [4.78, 5) is 6.76. The molecular formula is C20H30N4. The van der Waals surface area contributed by atoms with E-state index in [-0.39, 0.29) is 6.17 Å². The Hall–Kier alpha value is -2.10. The molecule has 2 aliphatic heterocycles. The minimum absolute atomic E-state index is 0.221. The van der Waals surface area contributed by atoms with Crippen molar-refractivity contribution in [2.24, 2.45) is 0 Å². The number of hydrogen-bond donors (Lipinski definition) is 0. The van der Waals surface area contributed by atoms with E-state index in [9.17, 15) is 0 Å². The van der Waals surface area contributed by atoms with Crippen LogP contribution in [0.2, 0.25) is 0 Å². The molecule has 2 atom stereocenters. The summed E-state index contributed by atoms with van der Waals surface area (Å²) in [6.45, 7) is 2.39. The topological polar surface area (TPSA) is 13.0 Å². The molecule has 130 valence electrons. The summed E-state index contributed by atoms with van der Waals surface area (Å²) in [5.74, 6) is 0. The molecule has 24 heavy (non-hydrogen) atoms. The van der Waals surface area contributed by atoms with Crippen molar-refractivity contribution in [1.82, 2.24) is 9.80 Å². The first kappa shape index (κ1) is 10.0. The SMILES string of the molecule is [2H]C([2H])(C)N1C=CN(c2cc(C)cc(N3C=CN(C([2H])([2H])C([2H])([2H])[2H])[C@@H]3C)c2C)[C@@H]1C. The van der Waals surface area contributed by atoms with Crippen molar-refractivity contribution in [3.63, 3.8) is 0 Å². The smallest absolute Gasteiger partial charge is 0.102 e. The third-order valence-electron chi connectivity index (χ3n) is 4.83. The minimum Gasteiger partial charge on any atom is -0.356 e. The van der Waals surface area contributed by atoms with Gasteiger partial charge in [0.15, 0.2) is 0 Å². The predicted molar refractivity (Wildman–Crippen MR) is 103 cm³/mol. The first-order valence-electron chi connectivity index (χ1n) is 11.7. The minimum atomic E-state index is -2.78. The van der Waals surface area contributed by atoms with E-state index in [0.29, 0.717) is 0 Å². The maximum atomic E-state index is 8.13. The van der Waals surface area contributed by atoms with E-state index in [2.05, 4.69) is 0 Å². The number of hydrogen-bond acceptors (Lipinski definition) is 4. The van der Waals surface area contributed by atoms with Crippen LogP contribution in [0.15, 0.2) is 36.9 Å². The van der Waals surface area contributed by atoms with Crippen molar-refractivity contribution in [2.45, 2.75) is 53.8 Å². The van der Waals surface area contributed by atoms with Crippen LogP contribution in [0.3, 0.4) is 0 Å². The van der Waals surface area contributed by atoms with E-state index >= 15 is 0 Å². The Kier molecular flexibility index (Phi) is 2.68. The highest BCUT2D eigenvalue weighted by molar-refractivity contribution is 5.72. The molecule has 1 aromatic carbocycles. The van der Waals surface area contributed by atoms with Gasteiger partial charge in [0, 0.05) is 58.8 Å². The van der Waals surface area contributed by atoms with Crippen molar-refractivity contribution in [3.8, 4) is 0 Å². The lowest BCUT2D eigenvalue weighted by Gasteiger charge is -2.34. The Balaban J connectivity index is 1.96. The third-order valence-corrected chi connectivity index (χ3v) is 4.83. The van der Waals surface area contributed by atoms with E-state index in [1.54, 1.807) is 24.2 Å². The Labute approximate surface area is 156 Å². The molecule has 0 amide bonds. The van der Waals surface area contributed by atoms with Crippen LogP contribution in [0.5, 0.6) is 0 Å². The second kappa shape index (κ2) is 6.42. The molecule has 2 aliphatic rings. The molecule has 1 aromatic rings. The Morgan fingerprint density at radius 2 is 1.42 bits per heavy atom. The number of anilines is 2. The van der Waals surface area contributed by atoms with Gasteiger partial charge in [0.05, 0.1) is 0 Å².